The van der Waals surface area contributed by atoms with Gasteiger partial charge in [-0.15, -0.1) is 0 Å². The fourth-order valence-electron chi connectivity index (χ4n) is 3.27. The third-order valence-electron chi connectivity index (χ3n) is 4.41. The van der Waals surface area contributed by atoms with Gasteiger partial charge in [-0.05, 0) is 33.8 Å². The molecular formula is C17H23N3O5. The van der Waals surface area contributed by atoms with Crippen LogP contribution in [0.5, 0.6) is 5.75 Å². The fraction of sp³-hybridized carbons (Fsp3) is 0.588. The molecule has 0 unspecified atom stereocenters. The Labute approximate surface area is 146 Å². The summed E-state index contributed by atoms with van der Waals surface area (Å²) in [6, 6.07) is 4.65. The predicted molar refractivity (Wildman–Crippen MR) is 92.1 cm³/mol. The number of nitrogens with zero attached hydrogens (tertiary/aromatic N) is 3. The zero-order chi connectivity index (χ0) is 18.4. The van der Waals surface area contributed by atoms with Gasteiger partial charge in [0, 0.05) is 19.2 Å². The lowest BCUT2D eigenvalue weighted by molar-refractivity contribution is -0.384. The largest absolute Gasteiger partial charge is 0.489 e. The Bertz CT molecular complexity index is 715. The number of piperazine rings is 1. The van der Waals surface area contributed by atoms with Crippen molar-refractivity contribution < 1.29 is 19.2 Å². The Morgan fingerprint density at radius 1 is 1.36 bits per heavy atom. The summed E-state index contributed by atoms with van der Waals surface area (Å²) in [5, 5.41) is 10.9. The van der Waals surface area contributed by atoms with E-state index in [2.05, 4.69) is 4.90 Å². The molecule has 0 saturated carbocycles. The number of nitro benzene ring substituents is 1. The van der Waals surface area contributed by atoms with E-state index in [9.17, 15) is 14.9 Å². The van der Waals surface area contributed by atoms with Gasteiger partial charge >= 0.3 is 6.09 Å². The van der Waals surface area contributed by atoms with E-state index in [1.807, 2.05) is 27.7 Å². The highest BCUT2D eigenvalue weighted by atomic mass is 16.6. The number of fused-ring (bicyclic) bond motifs is 3. The third kappa shape index (κ3) is 3.33. The molecule has 1 aromatic carbocycles. The molecule has 136 valence electrons. The minimum absolute atomic E-state index is 0.00902. The number of hydrogen-bond donors (Lipinski definition) is 0. The van der Waals surface area contributed by atoms with Crippen molar-refractivity contribution in [2.45, 2.75) is 38.8 Å². The maximum Gasteiger partial charge on any atom is 0.410 e. The Morgan fingerprint density at radius 2 is 2.08 bits per heavy atom. The number of non-ortho nitro benzene ring substituents is 1. The van der Waals surface area contributed by atoms with Gasteiger partial charge in [-0.2, -0.15) is 0 Å². The quantitative estimate of drug-likeness (QED) is 0.572. The number of amides is 1. The molecule has 1 saturated heterocycles. The summed E-state index contributed by atoms with van der Waals surface area (Å²) in [4.78, 5) is 26.7. The second-order valence-electron chi connectivity index (χ2n) is 7.75. The van der Waals surface area contributed by atoms with E-state index in [0.717, 1.165) is 5.69 Å². The van der Waals surface area contributed by atoms with Crippen LogP contribution >= 0.6 is 0 Å². The van der Waals surface area contributed by atoms with Crippen molar-refractivity contribution in [2.24, 2.45) is 0 Å². The second-order valence-corrected chi connectivity index (χ2v) is 7.75. The van der Waals surface area contributed by atoms with Crippen molar-refractivity contribution in [3.8, 4) is 5.75 Å². The summed E-state index contributed by atoms with van der Waals surface area (Å²) in [5.74, 6) is 0.511. The first-order valence-electron chi connectivity index (χ1n) is 8.26. The fourth-order valence-corrected chi connectivity index (χ4v) is 3.27. The lowest BCUT2D eigenvalue weighted by Crippen LogP contribution is -2.66. The molecule has 2 aliphatic rings. The molecule has 1 atom stereocenters. The van der Waals surface area contributed by atoms with Crippen LogP contribution in [0.2, 0.25) is 0 Å². The standard InChI is InChI=1S/C17H23N3O5/c1-16(2,3)25-15(21)18-7-8-19-13-6-5-12(20(22)23)9-14(13)24-11-17(19,4)10-18/h5-6,9H,7-8,10-11H2,1-4H3/t17-/m1/s1. The Balaban J connectivity index is 1.81. The molecule has 1 fully saturated rings. The van der Waals surface area contributed by atoms with E-state index in [-0.39, 0.29) is 11.8 Å². The molecule has 2 aliphatic heterocycles. The average molecular weight is 349 g/mol. The summed E-state index contributed by atoms with van der Waals surface area (Å²) < 4.78 is 11.3. The lowest BCUT2D eigenvalue weighted by atomic mass is 9.94. The maximum absolute atomic E-state index is 12.4. The Kier molecular flexibility index (Phi) is 4.01. The van der Waals surface area contributed by atoms with Gasteiger partial charge in [0.2, 0.25) is 0 Å². The number of nitro groups is 1. The molecule has 3 rings (SSSR count). The van der Waals surface area contributed by atoms with Crippen molar-refractivity contribution in [2.75, 3.05) is 31.1 Å². The number of rotatable bonds is 1. The van der Waals surface area contributed by atoms with Gasteiger partial charge in [0.1, 0.15) is 18.0 Å². The second kappa shape index (κ2) is 5.79. The zero-order valence-corrected chi connectivity index (χ0v) is 14.9. The number of ether oxygens (including phenoxy) is 2. The summed E-state index contributed by atoms with van der Waals surface area (Å²) in [5.41, 5.74) is -0.111. The average Bonchev–Trinajstić information content (AvgIpc) is 2.51. The van der Waals surface area contributed by atoms with Gasteiger partial charge < -0.3 is 19.3 Å². The van der Waals surface area contributed by atoms with Crippen molar-refractivity contribution >= 4 is 17.5 Å². The molecule has 0 bridgehead atoms. The van der Waals surface area contributed by atoms with Crippen molar-refractivity contribution in [3.05, 3.63) is 28.3 Å². The van der Waals surface area contributed by atoms with E-state index in [0.29, 0.717) is 32.0 Å². The highest BCUT2D eigenvalue weighted by Gasteiger charge is 2.44. The smallest absolute Gasteiger partial charge is 0.410 e. The molecule has 1 aromatic rings. The molecule has 0 N–H and O–H groups in total. The first-order valence-corrected chi connectivity index (χ1v) is 8.26. The van der Waals surface area contributed by atoms with E-state index in [1.165, 1.54) is 12.1 Å². The Morgan fingerprint density at radius 3 is 2.72 bits per heavy atom. The number of hydrogen-bond acceptors (Lipinski definition) is 6. The lowest BCUT2D eigenvalue weighted by Gasteiger charge is -2.52. The summed E-state index contributed by atoms with van der Waals surface area (Å²) in [6.45, 7) is 9.51. The van der Waals surface area contributed by atoms with Crippen LogP contribution < -0.4 is 9.64 Å². The van der Waals surface area contributed by atoms with Crippen LogP contribution in [0.1, 0.15) is 27.7 Å². The molecular weight excluding hydrogens is 326 g/mol. The summed E-state index contributed by atoms with van der Waals surface area (Å²) >= 11 is 0. The Hall–Kier alpha value is -2.51. The number of benzene rings is 1. The first-order chi connectivity index (χ1) is 11.6. The van der Waals surface area contributed by atoms with Gasteiger partial charge in [-0.3, -0.25) is 10.1 Å². The van der Waals surface area contributed by atoms with Crippen LogP contribution in [0, 0.1) is 10.1 Å². The molecule has 0 radical (unpaired) electrons. The molecule has 0 aromatic heterocycles. The van der Waals surface area contributed by atoms with Crippen LogP contribution in [0.4, 0.5) is 16.2 Å². The van der Waals surface area contributed by atoms with E-state index in [1.54, 1.807) is 11.0 Å². The topological polar surface area (TPSA) is 85.2 Å². The molecule has 8 nitrogen and oxygen atoms in total. The van der Waals surface area contributed by atoms with Gasteiger partial charge in [-0.25, -0.2) is 4.79 Å². The van der Waals surface area contributed by atoms with Crippen LogP contribution in [0.25, 0.3) is 0 Å². The maximum atomic E-state index is 12.4. The van der Waals surface area contributed by atoms with Gasteiger partial charge in [0.15, 0.2) is 0 Å². The first kappa shape index (κ1) is 17.3. The van der Waals surface area contributed by atoms with Crippen molar-refractivity contribution in [3.63, 3.8) is 0 Å². The van der Waals surface area contributed by atoms with Crippen LogP contribution in [0.15, 0.2) is 18.2 Å². The van der Waals surface area contributed by atoms with Crippen molar-refractivity contribution in [1.29, 1.82) is 0 Å². The summed E-state index contributed by atoms with van der Waals surface area (Å²) in [7, 11) is 0. The van der Waals surface area contributed by atoms with Gasteiger partial charge in [0.25, 0.3) is 5.69 Å². The zero-order valence-electron chi connectivity index (χ0n) is 14.9. The number of anilines is 1. The third-order valence-corrected chi connectivity index (χ3v) is 4.41. The van der Waals surface area contributed by atoms with Crippen LogP contribution in [-0.4, -0.2) is 53.3 Å². The number of carbonyl (C=O) groups excluding carboxylic acids is 1. The molecule has 0 spiro atoms. The van der Waals surface area contributed by atoms with E-state index in [4.69, 9.17) is 9.47 Å². The predicted octanol–water partition coefficient (Wildman–Crippen LogP) is 2.80. The summed E-state index contributed by atoms with van der Waals surface area (Å²) in [6.07, 6.45) is -0.331. The van der Waals surface area contributed by atoms with Crippen LogP contribution in [-0.2, 0) is 4.74 Å². The molecule has 0 aliphatic carbocycles. The van der Waals surface area contributed by atoms with E-state index >= 15 is 0 Å². The molecule has 2 heterocycles. The highest BCUT2D eigenvalue weighted by Crippen LogP contribution is 2.41. The molecule has 25 heavy (non-hydrogen) atoms. The normalized spacial score (nSPS) is 22.6. The minimum atomic E-state index is -0.538. The van der Waals surface area contributed by atoms with Gasteiger partial charge in [-0.1, -0.05) is 0 Å². The van der Waals surface area contributed by atoms with E-state index < -0.39 is 16.1 Å². The van der Waals surface area contributed by atoms with Crippen molar-refractivity contribution in [1.82, 2.24) is 4.90 Å². The van der Waals surface area contributed by atoms with Crippen LogP contribution in [0.3, 0.4) is 0 Å². The molecule has 8 heteroatoms. The monoisotopic (exact) mass is 349 g/mol. The minimum Gasteiger partial charge on any atom is -0.489 e. The molecule has 1 amide bonds. The SMILES string of the molecule is CC(C)(C)OC(=O)N1CCN2c3ccc([N+](=O)[O-])cc3OC[C@@]2(C)C1. The number of carbonyl (C=O) groups is 1. The highest BCUT2D eigenvalue weighted by molar-refractivity contribution is 5.71. The van der Waals surface area contributed by atoms with Gasteiger partial charge in [0.05, 0.1) is 28.8 Å².